The third-order valence-electron chi connectivity index (χ3n) is 4.95. The fourth-order valence-corrected chi connectivity index (χ4v) is 5.16. The molecule has 1 atom stereocenters. The molecule has 0 aliphatic carbocycles. The first-order chi connectivity index (χ1) is 14.4. The first kappa shape index (κ1) is 22.1. The second-order valence-corrected chi connectivity index (χ2v) is 9.01. The lowest BCUT2D eigenvalue weighted by Crippen LogP contribution is -2.50. The topological polar surface area (TPSA) is 105 Å². The molecule has 1 aromatic carbocycles. The number of hydrogen-bond acceptors (Lipinski definition) is 6. The van der Waals surface area contributed by atoms with Crippen molar-refractivity contribution in [2.45, 2.75) is 24.3 Å². The number of carboxylic acid groups (broad SMARTS) is 1. The van der Waals surface area contributed by atoms with Crippen molar-refractivity contribution in [2.75, 3.05) is 24.5 Å². The van der Waals surface area contributed by atoms with Crippen molar-refractivity contribution in [3.63, 3.8) is 0 Å². The molecule has 3 heterocycles. The summed E-state index contributed by atoms with van der Waals surface area (Å²) in [5.41, 5.74) is 2.11. The van der Waals surface area contributed by atoms with Gasteiger partial charge in [-0.3, -0.25) is 9.78 Å². The molecule has 0 amide bonds. The number of fused-ring (bicyclic) bond motifs is 1. The summed E-state index contributed by atoms with van der Waals surface area (Å²) in [5, 5.41) is 10.8. The maximum atomic E-state index is 13.3. The minimum absolute atomic E-state index is 0.161. The van der Waals surface area contributed by atoms with Crippen LogP contribution < -0.4 is 10.2 Å². The van der Waals surface area contributed by atoms with E-state index >= 15 is 0 Å². The van der Waals surface area contributed by atoms with Gasteiger partial charge in [-0.1, -0.05) is 24.6 Å². The molecular formula is C20H23ClN4O4S. The van der Waals surface area contributed by atoms with E-state index in [1.54, 1.807) is 42.7 Å². The normalized spacial score (nSPS) is 16.7. The quantitative estimate of drug-likeness (QED) is 0.589. The third-order valence-corrected chi connectivity index (χ3v) is 6.85. The highest BCUT2D eigenvalue weighted by Gasteiger charge is 2.26. The zero-order chi connectivity index (χ0) is 21.7. The summed E-state index contributed by atoms with van der Waals surface area (Å²) in [6.07, 6.45) is 4.40. The molecule has 4 rings (SSSR count). The van der Waals surface area contributed by atoms with Crippen molar-refractivity contribution in [1.29, 1.82) is 0 Å². The molecule has 0 radical (unpaired) electrons. The van der Waals surface area contributed by atoms with E-state index in [4.69, 9.17) is 21.5 Å². The van der Waals surface area contributed by atoms with E-state index in [0.717, 1.165) is 31.7 Å². The van der Waals surface area contributed by atoms with E-state index < -0.39 is 10.0 Å². The number of piperazine rings is 1. The first-order valence-electron chi connectivity index (χ1n) is 9.45. The zero-order valence-electron chi connectivity index (χ0n) is 16.4. The molecule has 1 fully saturated rings. The summed E-state index contributed by atoms with van der Waals surface area (Å²) in [4.78, 5) is 15.2. The molecule has 8 nitrogen and oxygen atoms in total. The van der Waals surface area contributed by atoms with Crippen LogP contribution in [0.1, 0.15) is 13.3 Å². The Kier molecular flexibility index (Phi) is 6.96. The number of pyridine rings is 1. The molecule has 2 aromatic heterocycles. The van der Waals surface area contributed by atoms with E-state index in [0.29, 0.717) is 22.1 Å². The van der Waals surface area contributed by atoms with Crippen molar-refractivity contribution in [3.8, 4) is 0 Å². The Morgan fingerprint density at radius 3 is 2.80 bits per heavy atom. The minimum Gasteiger partial charge on any atom is -0.483 e. The number of aromatic nitrogens is 2. The smallest absolute Gasteiger partial charge is 0.290 e. The van der Waals surface area contributed by atoms with Gasteiger partial charge in [-0.2, -0.15) is 0 Å². The van der Waals surface area contributed by atoms with E-state index in [-0.39, 0.29) is 11.4 Å². The lowest BCUT2D eigenvalue weighted by molar-refractivity contribution is -0.122. The second kappa shape index (κ2) is 9.46. The van der Waals surface area contributed by atoms with Crippen LogP contribution in [0.5, 0.6) is 0 Å². The molecule has 2 N–H and O–H groups in total. The SMILES string of the molecule is CC[C@@H]1CN(c2cn(S(=O)(=O)c3cccc(Cl)c3)c3cccnc23)CCN1.O=CO. The summed E-state index contributed by atoms with van der Waals surface area (Å²) in [6.45, 7) is 4.39. The molecule has 30 heavy (non-hydrogen) atoms. The molecule has 3 aromatic rings. The van der Waals surface area contributed by atoms with Gasteiger partial charge < -0.3 is 15.3 Å². The maximum Gasteiger partial charge on any atom is 0.290 e. The fraction of sp³-hybridized carbons (Fsp3) is 0.300. The number of hydrogen-bond donors (Lipinski definition) is 2. The predicted molar refractivity (Wildman–Crippen MR) is 117 cm³/mol. The van der Waals surface area contributed by atoms with Crippen molar-refractivity contribution in [1.82, 2.24) is 14.3 Å². The van der Waals surface area contributed by atoms with Gasteiger partial charge in [0.1, 0.15) is 5.52 Å². The molecule has 0 unspecified atom stereocenters. The van der Waals surface area contributed by atoms with Crippen LogP contribution in [0.3, 0.4) is 0 Å². The maximum absolute atomic E-state index is 13.3. The largest absolute Gasteiger partial charge is 0.483 e. The molecule has 10 heteroatoms. The summed E-state index contributed by atoms with van der Waals surface area (Å²) in [5.74, 6) is 0. The van der Waals surface area contributed by atoms with Gasteiger partial charge in [0.2, 0.25) is 0 Å². The lowest BCUT2D eigenvalue weighted by Gasteiger charge is -2.34. The van der Waals surface area contributed by atoms with Gasteiger partial charge in [0.15, 0.2) is 0 Å². The van der Waals surface area contributed by atoms with Crippen molar-refractivity contribution in [2.24, 2.45) is 0 Å². The van der Waals surface area contributed by atoms with Crippen LogP contribution in [-0.2, 0) is 14.8 Å². The zero-order valence-corrected chi connectivity index (χ0v) is 18.0. The highest BCUT2D eigenvalue weighted by Crippen LogP contribution is 2.31. The number of anilines is 1. The van der Waals surface area contributed by atoms with E-state index in [1.807, 2.05) is 0 Å². The molecule has 1 aliphatic heterocycles. The van der Waals surface area contributed by atoms with E-state index in [1.165, 1.54) is 10.0 Å². The number of rotatable bonds is 4. The van der Waals surface area contributed by atoms with Gasteiger partial charge in [-0.15, -0.1) is 0 Å². The molecule has 1 aliphatic rings. The molecule has 1 saturated heterocycles. The number of nitrogens with zero attached hydrogens (tertiary/aromatic N) is 3. The Bertz CT molecular complexity index is 1130. The number of halogens is 1. The van der Waals surface area contributed by atoms with Crippen LogP contribution >= 0.6 is 11.6 Å². The minimum atomic E-state index is -3.78. The Balaban J connectivity index is 0.000000806. The van der Waals surface area contributed by atoms with Crippen LogP contribution in [0, 0.1) is 0 Å². The number of benzene rings is 1. The van der Waals surface area contributed by atoms with Crippen LogP contribution in [0.2, 0.25) is 5.02 Å². The van der Waals surface area contributed by atoms with Gasteiger partial charge in [-0.05, 0) is 36.8 Å². The van der Waals surface area contributed by atoms with Crippen LogP contribution in [0.4, 0.5) is 5.69 Å². The average molecular weight is 451 g/mol. The van der Waals surface area contributed by atoms with Crippen LogP contribution in [0.15, 0.2) is 53.7 Å². The highest BCUT2D eigenvalue weighted by molar-refractivity contribution is 7.90. The summed E-state index contributed by atoms with van der Waals surface area (Å²) < 4.78 is 27.8. The van der Waals surface area contributed by atoms with Crippen LogP contribution in [0.25, 0.3) is 11.0 Å². The lowest BCUT2D eigenvalue weighted by atomic mass is 10.1. The molecule has 0 bridgehead atoms. The third kappa shape index (κ3) is 4.43. The summed E-state index contributed by atoms with van der Waals surface area (Å²) in [6, 6.07) is 10.2. The molecule has 160 valence electrons. The van der Waals surface area contributed by atoms with Crippen LogP contribution in [-0.4, -0.2) is 54.6 Å². The first-order valence-corrected chi connectivity index (χ1v) is 11.3. The second-order valence-electron chi connectivity index (χ2n) is 6.75. The highest BCUT2D eigenvalue weighted by atomic mass is 35.5. The van der Waals surface area contributed by atoms with Gasteiger partial charge in [0, 0.05) is 43.1 Å². The van der Waals surface area contributed by atoms with Gasteiger partial charge >= 0.3 is 0 Å². The van der Waals surface area contributed by atoms with Crippen molar-refractivity contribution >= 4 is 44.8 Å². The predicted octanol–water partition coefficient (Wildman–Crippen LogP) is 2.82. The van der Waals surface area contributed by atoms with Gasteiger partial charge in [0.25, 0.3) is 16.5 Å². The van der Waals surface area contributed by atoms with Gasteiger partial charge in [0.05, 0.1) is 16.1 Å². The van der Waals surface area contributed by atoms with Gasteiger partial charge in [-0.25, -0.2) is 12.4 Å². The standard InChI is InChI=1S/C19H21ClN4O2S.CH2O2/c1-2-15-12-23(10-9-21-15)18-13-24(17-7-4-8-22-19(17)18)27(25,26)16-6-3-5-14(20)11-16;2-1-3/h3-8,11,13,15,21H,2,9-10,12H2,1H3;1H,(H,2,3)/t15-;/m1./s1. The Morgan fingerprint density at radius 1 is 1.33 bits per heavy atom. The average Bonchev–Trinajstić information content (AvgIpc) is 3.15. The Hall–Kier alpha value is -2.62. The van der Waals surface area contributed by atoms with E-state index in [2.05, 4.69) is 22.1 Å². The number of carbonyl (C=O) groups is 1. The molecule has 0 spiro atoms. The summed E-state index contributed by atoms with van der Waals surface area (Å²) in [7, 11) is -3.78. The fourth-order valence-electron chi connectivity index (χ4n) is 3.50. The number of nitrogens with one attached hydrogen (secondary N) is 1. The molecular weight excluding hydrogens is 428 g/mol. The van der Waals surface area contributed by atoms with Crippen molar-refractivity contribution < 1.29 is 18.3 Å². The molecule has 0 saturated carbocycles. The Labute approximate surface area is 180 Å². The summed E-state index contributed by atoms with van der Waals surface area (Å²) >= 11 is 6.01. The van der Waals surface area contributed by atoms with Crippen molar-refractivity contribution in [3.05, 3.63) is 53.8 Å². The Morgan fingerprint density at radius 2 is 2.10 bits per heavy atom. The monoisotopic (exact) mass is 450 g/mol. The van der Waals surface area contributed by atoms with E-state index in [9.17, 15) is 8.42 Å².